The van der Waals surface area contributed by atoms with E-state index in [4.69, 9.17) is 5.26 Å². The van der Waals surface area contributed by atoms with Crippen LogP contribution in [0.5, 0.6) is 0 Å². The molecule has 0 aromatic carbocycles. The van der Waals surface area contributed by atoms with Gasteiger partial charge in [-0.1, -0.05) is 13.8 Å². The average Bonchev–Trinajstić information content (AvgIpc) is 2.74. The highest BCUT2D eigenvalue weighted by Crippen LogP contribution is 2.16. The number of hydrogen-bond donors (Lipinski definition) is 1. The molecule has 1 amide bonds. The molecule has 0 saturated carbocycles. The van der Waals surface area contributed by atoms with Gasteiger partial charge in [-0.15, -0.1) is 11.3 Å². The fourth-order valence-corrected chi connectivity index (χ4v) is 2.00. The van der Waals surface area contributed by atoms with E-state index in [1.165, 1.54) is 16.2 Å². The van der Waals surface area contributed by atoms with Crippen LogP contribution in [0.3, 0.4) is 0 Å². The van der Waals surface area contributed by atoms with Gasteiger partial charge in [0.25, 0.3) is 5.91 Å². The van der Waals surface area contributed by atoms with E-state index in [1.807, 2.05) is 25.1 Å². The predicted molar refractivity (Wildman–Crippen MR) is 60.9 cm³/mol. The van der Waals surface area contributed by atoms with Gasteiger partial charge in [0.1, 0.15) is 6.04 Å². The van der Waals surface area contributed by atoms with E-state index >= 15 is 0 Å². The van der Waals surface area contributed by atoms with Crippen molar-refractivity contribution in [3.8, 4) is 6.07 Å². The molecule has 0 saturated heterocycles. The summed E-state index contributed by atoms with van der Waals surface area (Å²) in [7, 11) is 0. The molecule has 0 fully saturated rings. The first-order valence-electron chi connectivity index (χ1n) is 5.00. The number of nitrogens with zero attached hydrogens (tertiary/aromatic N) is 1. The van der Waals surface area contributed by atoms with Gasteiger partial charge >= 0.3 is 0 Å². The first-order chi connectivity index (χ1) is 7.21. The highest BCUT2D eigenvalue weighted by molar-refractivity contribution is 7.14. The van der Waals surface area contributed by atoms with E-state index in [0.717, 1.165) is 6.42 Å². The predicted octanol–water partition coefficient (Wildman–Crippen LogP) is 2.34. The summed E-state index contributed by atoms with van der Waals surface area (Å²) in [5.74, 6) is -0.145. The molecular formula is C11H14N2OS. The number of aryl methyl sites for hydroxylation is 1. The molecule has 0 spiro atoms. The van der Waals surface area contributed by atoms with E-state index in [-0.39, 0.29) is 11.9 Å². The maximum atomic E-state index is 11.7. The molecule has 3 nitrogen and oxygen atoms in total. The minimum atomic E-state index is -0.385. The van der Waals surface area contributed by atoms with Crippen LogP contribution in [0.25, 0.3) is 0 Å². The molecule has 80 valence electrons. The maximum Gasteiger partial charge on any atom is 0.262 e. The van der Waals surface area contributed by atoms with E-state index in [9.17, 15) is 4.79 Å². The van der Waals surface area contributed by atoms with Gasteiger partial charge < -0.3 is 5.32 Å². The average molecular weight is 222 g/mol. The Morgan fingerprint density at radius 2 is 2.33 bits per heavy atom. The standard InChI is InChI=1S/C11H14N2OS/c1-3-8(7-12)13-11(14)10-6-5-9(4-2)15-10/h5-6,8H,3-4H2,1-2H3,(H,13,14). The lowest BCUT2D eigenvalue weighted by Crippen LogP contribution is -2.32. The van der Waals surface area contributed by atoms with Crippen LogP contribution in [0.2, 0.25) is 0 Å². The molecule has 0 bridgehead atoms. The summed E-state index contributed by atoms with van der Waals surface area (Å²) in [6.07, 6.45) is 1.57. The highest BCUT2D eigenvalue weighted by atomic mass is 32.1. The summed E-state index contributed by atoms with van der Waals surface area (Å²) in [6.45, 7) is 3.93. The second kappa shape index (κ2) is 5.52. The van der Waals surface area contributed by atoms with E-state index in [0.29, 0.717) is 11.3 Å². The van der Waals surface area contributed by atoms with Crippen LogP contribution in [0.1, 0.15) is 34.8 Å². The first kappa shape index (κ1) is 11.7. The number of carbonyl (C=O) groups excluding carboxylic acids is 1. The van der Waals surface area contributed by atoms with Gasteiger partial charge in [-0.25, -0.2) is 0 Å². The third kappa shape index (κ3) is 3.07. The molecule has 0 radical (unpaired) electrons. The third-order valence-corrected chi connectivity index (χ3v) is 3.33. The molecule has 1 aromatic heterocycles. The van der Waals surface area contributed by atoms with Gasteiger partial charge in [0.2, 0.25) is 0 Å². The Morgan fingerprint density at radius 1 is 1.60 bits per heavy atom. The zero-order chi connectivity index (χ0) is 11.3. The van der Waals surface area contributed by atoms with Crippen molar-refractivity contribution >= 4 is 17.2 Å². The molecule has 4 heteroatoms. The van der Waals surface area contributed by atoms with Crippen molar-refractivity contribution in [2.45, 2.75) is 32.7 Å². The number of amides is 1. The Labute approximate surface area is 93.7 Å². The largest absolute Gasteiger partial charge is 0.336 e. The Hall–Kier alpha value is -1.34. The minimum Gasteiger partial charge on any atom is -0.336 e. The van der Waals surface area contributed by atoms with Crippen molar-refractivity contribution < 1.29 is 4.79 Å². The van der Waals surface area contributed by atoms with E-state index < -0.39 is 0 Å². The van der Waals surface area contributed by atoms with Gasteiger partial charge in [-0.05, 0) is 25.0 Å². The van der Waals surface area contributed by atoms with Crippen molar-refractivity contribution in [2.75, 3.05) is 0 Å². The molecule has 1 heterocycles. The summed E-state index contributed by atoms with van der Waals surface area (Å²) in [5, 5.41) is 11.4. The Bertz CT molecular complexity index is 378. The van der Waals surface area contributed by atoms with Crippen molar-refractivity contribution in [3.05, 3.63) is 21.9 Å². The normalized spacial score (nSPS) is 11.8. The number of hydrogen-bond acceptors (Lipinski definition) is 3. The third-order valence-electron chi connectivity index (χ3n) is 2.10. The number of nitriles is 1. The first-order valence-corrected chi connectivity index (χ1v) is 5.82. The monoisotopic (exact) mass is 222 g/mol. The van der Waals surface area contributed by atoms with E-state index in [1.54, 1.807) is 0 Å². The fourth-order valence-electron chi connectivity index (χ4n) is 1.14. The van der Waals surface area contributed by atoms with Crippen LogP contribution in [-0.4, -0.2) is 11.9 Å². The van der Waals surface area contributed by atoms with Gasteiger partial charge in [0, 0.05) is 4.88 Å². The number of rotatable bonds is 4. The summed E-state index contributed by atoms with van der Waals surface area (Å²) < 4.78 is 0. The molecule has 15 heavy (non-hydrogen) atoms. The SMILES string of the molecule is CCc1ccc(C(=O)NC(C#N)CC)s1. The van der Waals surface area contributed by atoms with Crippen molar-refractivity contribution in [1.82, 2.24) is 5.32 Å². The molecule has 1 aromatic rings. The quantitative estimate of drug-likeness (QED) is 0.850. The maximum absolute atomic E-state index is 11.7. The Kier molecular flexibility index (Phi) is 4.32. The lowest BCUT2D eigenvalue weighted by atomic mass is 10.2. The van der Waals surface area contributed by atoms with Crippen molar-refractivity contribution in [2.24, 2.45) is 0 Å². The van der Waals surface area contributed by atoms with Crippen molar-refractivity contribution in [1.29, 1.82) is 5.26 Å². The smallest absolute Gasteiger partial charge is 0.262 e. The van der Waals surface area contributed by atoms with Crippen LogP contribution in [-0.2, 0) is 6.42 Å². The number of thiophene rings is 1. The molecular weight excluding hydrogens is 208 g/mol. The molecule has 0 aliphatic carbocycles. The van der Waals surface area contributed by atoms with Crippen molar-refractivity contribution in [3.63, 3.8) is 0 Å². The lowest BCUT2D eigenvalue weighted by Gasteiger charge is -2.06. The van der Waals surface area contributed by atoms with Gasteiger partial charge in [-0.2, -0.15) is 5.26 Å². The Balaban J connectivity index is 2.65. The van der Waals surface area contributed by atoms with Gasteiger partial charge in [-0.3, -0.25) is 4.79 Å². The van der Waals surface area contributed by atoms with Crippen LogP contribution in [0.4, 0.5) is 0 Å². The van der Waals surface area contributed by atoms with Gasteiger partial charge in [0.15, 0.2) is 0 Å². The lowest BCUT2D eigenvalue weighted by molar-refractivity contribution is 0.0949. The summed E-state index contributed by atoms with van der Waals surface area (Å²) in [6, 6.07) is 5.42. The van der Waals surface area contributed by atoms with Crippen LogP contribution >= 0.6 is 11.3 Å². The summed E-state index contributed by atoms with van der Waals surface area (Å²) >= 11 is 1.48. The zero-order valence-corrected chi connectivity index (χ0v) is 9.73. The summed E-state index contributed by atoms with van der Waals surface area (Å²) in [4.78, 5) is 13.5. The Morgan fingerprint density at radius 3 is 2.80 bits per heavy atom. The van der Waals surface area contributed by atoms with Crippen LogP contribution in [0.15, 0.2) is 12.1 Å². The second-order valence-corrected chi connectivity index (χ2v) is 4.35. The number of carbonyl (C=O) groups is 1. The zero-order valence-electron chi connectivity index (χ0n) is 8.91. The van der Waals surface area contributed by atoms with Crippen LogP contribution in [0, 0.1) is 11.3 Å². The summed E-state index contributed by atoms with van der Waals surface area (Å²) in [5.41, 5.74) is 0. The molecule has 1 N–H and O–H groups in total. The number of nitrogens with one attached hydrogen (secondary N) is 1. The second-order valence-electron chi connectivity index (χ2n) is 3.18. The van der Waals surface area contributed by atoms with E-state index in [2.05, 4.69) is 12.2 Å². The molecule has 1 atom stereocenters. The molecule has 0 aliphatic rings. The van der Waals surface area contributed by atoms with Gasteiger partial charge in [0.05, 0.1) is 10.9 Å². The highest BCUT2D eigenvalue weighted by Gasteiger charge is 2.12. The topological polar surface area (TPSA) is 52.9 Å². The molecule has 1 rings (SSSR count). The minimum absolute atomic E-state index is 0.145. The van der Waals surface area contributed by atoms with Crippen LogP contribution < -0.4 is 5.32 Å². The molecule has 1 unspecified atom stereocenters. The molecule has 0 aliphatic heterocycles. The fraction of sp³-hybridized carbons (Fsp3) is 0.455.